The third-order valence-electron chi connectivity index (χ3n) is 6.02. The van der Waals surface area contributed by atoms with E-state index in [9.17, 15) is 19.2 Å². The van der Waals surface area contributed by atoms with E-state index >= 15 is 0 Å². The van der Waals surface area contributed by atoms with E-state index in [1.807, 2.05) is 24.3 Å². The van der Waals surface area contributed by atoms with E-state index in [1.165, 1.54) is 0 Å². The van der Waals surface area contributed by atoms with Crippen LogP contribution in [0, 0.1) is 0 Å². The molecule has 0 radical (unpaired) electrons. The lowest BCUT2D eigenvalue weighted by Gasteiger charge is -2.36. The van der Waals surface area contributed by atoms with Crippen LogP contribution >= 0.6 is 0 Å². The molecule has 2 aromatic rings. The fraction of sp³-hybridized carbons (Fsp3) is 0.304. The molecule has 0 bridgehead atoms. The molecule has 8 heteroatoms. The van der Waals surface area contributed by atoms with Crippen LogP contribution in [0.5, 0.6) is 0 Å². The van der Waals surface area contributed by atoms with Gasteiger partial charge in [0.15, 0.2) is 0 Å². The van der Waals surface area contributed by atoms with Gasteiger partial charge < -0.3 is 10.2 Å². The number of anilines is 2. The second kappa shape index (κ2) is 7.23. The standard InChI is InChI=1S/C23H22N4O4/c1-13-11-26(18-5-3-2-4-17(18)24-13)12-14-6-7-15-16(10-14)23(31)27(22(15)30)19-8-9-20(28)25-21(19)29/h2-7,10,13,19,24H,8-9,11-12H2,1H3,(H,25,28,29). The fourth-order valence-corrected chi connectivity index (χ4v) is 4.60. The third kappa shape index (κ3) is 3.24. The lowest BCUT2D eigenvalue weighted by molar-refractivity contribution is -0.136. The zero-order chi connectivity index (χ0) is 21.7. The van der Waals surface area contributed by atoms with Gasteiger partial charge in [0.05, 0.1) is 22.5 Å². The molecule has 0 saturated carbocycles. The van der Waals surface area contributed by atoms with Gasteiger partial charge in [-0.1, -0.05) is 18.2 Å². The Kier molecular flexibility index (Phi) is 4.50. The number of carbonyl (C=O) groups excluding carboxylic acids is 4. The van der Waals surface area contributed by atoms with E-state index in [-0.39, 0.29) is 24.8 Å². The average molecular weight is 418 g/mol. The molecule has 0 aliphatic carbocycles. The van der Waals surface area contributed by atoms with Crippen LogP contribution in [0.15, 0.2) is 42.5 Å². The Bertz CT molecular complexity index is 1130. The van der Waals surface area contributed by atoms with Crippen molar-refractivity contribution >= 4 is 35.0 Å². The molecule has 3 aliphatic rings. The van der Waals surface area contributed by atoms with Gasteiger partial charge in [0.25, 0.3) is 11.8 Å². The van der Waals surface area contributed by atoms with E-state index in [4.69, 9.17) is 0 Å². The molecule has 2 atom stereocenters. The van der Waals surface area contributed by atoms with Crippen LogP contribution in [0.4, 0.5) is 11.4 Å². The summed E-state index contributed by atoms with van der Waals surface area (Å²) >= 11 is 0. The van der Waals surface area contributed by atoms with Crippen molar-refractivity contribution in [3.63, 3.8) is 0 Å². The molecule has 1 fully saturated rings. The molecule has 31 heavy (non-hydrogen) atoms. The van der Waals surface area contributed by atoms with Gasteiger partial charge >= 0.3 is 0 Å². The summed E-state index contributed by atoms with van der Waals surface area (Å²) in [6.45, 7) is 3.52. The van der Waals surface area contributed by atoms with Gasteiger partial charge in [0.2, 0.25) is 11.8 Å². The highest BCUT2D eigenvalue weighted by Gasteiger charge is 2.44. The van der Waals surface area contributed by atoms with Crippen molar-refractivity contribution in [1.29, 1.82) is 0 Å². The molecule has 8 nitrogen and oxygen atoms in total. The van der Waals surface area contributed by atoms with Crippen LogP contribution in [0.2, 0.25) is 0 Å². The van der Waals surface area contributed by atoms with Crippen LogP contribution in [0.3, 0.4) is 0 Å². The number of nitrogens with one attached hydrogen (secondary N) is 2. The second-order valence-corrected chi connectivity index (χ2v) is 8.27. The van der Waals surface area contributed by atoms with Crippen molar-refractivity contribution in [2.75, 3.05) is 16.8 Å². The molecular weight excluding hydrogens is 396 g/mol. The predicted molar refractivity (Wildman–Crippen MR) is 114 cm³/mol. The summed E-state index contributed by atoms with van der Waals surface area (Å²) in [5.74, 6) is -1.95. The highest BCUT2D eigenvalue weighted by atomic mass is 16.2. The van der Waals surface area contributed by atoms with Gasteiger partial charge in [0, 0.05) is 25.6 Å². The number of carbonyl (C=O) groups is 4. The summed E-state index contributed by atoms with van der Waals surface area (Å²) in [6, 6.07) is 12.7. The van der Waals surface area contributed by atoms with Crippen LogP contribution in [0.25, 0.3) is 0 Å². The Balaban J connectivity index is 1.41. The Morgan fingerprint density at radius 1 is 1.00 bits per heavy atom. The van der Waals surface area contributed by atoms with Crippen molar-refractivity contribution in [3.8, 4) is 0 Å². The Hall–Kier alpha value is -3.68. The van der Waals surface area contributed by atoms with Crippen molar-refractivity contribution in [3.05, 3.63) is 59.2 Å². The van der Waals surface area contributed by atoms with Crippen LogP contribution in [-0.4, -0.2) is 47.2 Å². The first-order chi connectivity index (χ1) is 14.9. The monoisotopic (exact) mass is 418 g/mol. The van der Waals surface area contributed by atoms with Gasteiger partial charge in [-0.25, -0.2) is 0 Å². The van der Waals surface area contributed by atoms with Crippen molar-refractivity contribution < 1.29 is 19.2 Å². The lowest BCUT2D eigenvalue weighted by atomic mass is 10.0. The van der Waals surface area contributed by atoms with Crippen LogP contribution in [-0.2, 0) is 16.1 Å². The average Bonchev–Trinajstić information content (AvgIpc) is 2.98. The molecule has 158 valence electrons. The number of amides is 4. The molecule has 2 aromatic carbocycles. The fourth-order valence-electron chi connectivity index (χ4n) is 4.60. The molecule has 3 heterocycles. The SMILES string of the molecule is CC1CN(Cc2ccc3c(c2)C(=O)N(C2CCC(=O)NC2=O)C3=O)c2ccccc2N1. The summed E-state index contributed by atoms with van der Waals surface area (Å²) in [4.78, 5) is 52.8. The minimum Gasteiger partial charge on any atom is -0.379 e. The second-order valence-electron chi connectivity index (χ2n) is 8.27. The predicted octanol–water partition coefficient (Wildman–Crippen LogP) is 1.91. The number of piperidine rings is 1. The molecule has 1 saturated heterocycles. The number of para-hydroxylation sites is 2. The van der Waals surface area contributed by atoms with Crippen molar-refractivity contribution in [2.45, 2.75) is 38.4 Å². The highest BCUT2D eigenvalue weighted by molar-refractivity contribution is 6.23. The first-order valence-electron chi connectivity index (χ1n) is 10.4. The molecule has 0 spiro atoms. The number of nitrogens with zero attached hydrogens (tertiary/aromatic N) is 2. The smallest absolute Gasteiger partial charge is 0.262 e. The summed E-state index contributed by atoms with van der Waals surface area (Å²) in [7, 11) is 0. The Morgan fingerprint density at radius 3 is 2.58 bits per heavy atom. The van der Waals surface area contributed by atoms with Gasteiger partial charge in [-0.05, 0) is 43.2 Å². The third-order valence-corrected chi connectivity index (χ3v) is 6.02. The lowest BCUT2D eigenvalue weighted by Crippen LogP contribution is -2.54. The van der Waals surface area contributed by atoms with Gasteiger partial charge in [-0.3, -0.25) is 29.4 Å². The van der Waals surface area contributed by atoms with E-state index in [2.05, 4.69) is 28.5 Å². The molecule has 3 aliphatic heterocycles. The van der Waals surface area contributed by atoms with E-state index in [0.29, 0.717) is 17.7 Å². The number of fused-ring (bicyclic) bond motifs is 2. The minimum absolute atomic E-state index is 0.107. The molecular formula is C23H22N4O4. The molecule has 2 N–H and O–H groups in total. The summed E-state index contributed by atoms with van der Waals surface area (Å²) < 4.78 is 0. The number of benzene rings is 2. The summed E-state index contributed by atoms with van der Waals surface area (Å²) in [6.07, 6.45) is 0.258. The highest BCUT2D eigenvalue weighted by Crippen LogP contribution is 2.33. The summed E-state index contributed by atoms with van der Waals surface area (Å²) in [5.41, 5.74) is 3.68. The number of rotatable bonds is 3. The first-order valence-corrected chi connectivity index (χ1v) is 10.4. The quantitative estimate of drug-likeness (QED) is 0.739. The molecule has 2 unspecified atom stereocenters. The van der Waals surface area contributed by atoms with E-state index < -0.39 is 23.8 Å². The topological polar surface area (TPSA) is 98.8 Å². The van der Waals surface area contributed by atoms with Gasteiger partial charge in [-0.15, -0.1) is 0 Å². The van der Waals surface area contributed by atoms with Gasteiger partial charge in [-0.2, -0.15) is 0 Å². The van der Waals surface area contributed by atoms with Crippen molar-refractivity contribution in [1.82, 2.24) is 10.2 Å². The first kappa shape index (κ1) is 19.3. The zero-order valence-electron chi connectivity index (χ0n) is 17.1. The molecule has 4 amide bonds. The van der Waals surface area contributed by atoms with Gasteiger partial charge in [0.1, 0.15) is 6.04 Å². The normalized spacial score (nSPS) is 22.7. The number of hydrogen-bond donors (Lipinski definition) is 2. The maximum absolute atomic E-state index is 13.0. The largest absolute Gasteiger partial charge is 0.379 e. The molecule has 5 rings (SSSR count). The number of imide groups is 2. The Labute approximate surface area is 179 Å². The van der Waals surface area contributed by atoms with Crippen molar-refractivity contribution in [2.24, 2.45) is 0 Å². The zero-order valence-corrected chi connectivity index (χ0v) is 17.1. The maximum Gasteiger partial charge on any atom is 0.262 e. The minimum atomic E-state index is -0.950. The summed E-state index contributed by atoms with van der Waals surface area (Å²) in [5, 5.41) is 5.69. The molecule has 0 aromatic heterocycles. The van der Waals surface area contributed by atoms with E-state index in [1.54, 1.807) is 12.1 Å². The van der Waals surface area contributed by atoms with Crippen LogP contribution in [0.1, 0.15) is 46.0 Å². The van der Waals surface area contributed by atoms with E-state index in [0.717, 1.165) is 28.4 Å². The van der Waals surface area contributed by atoms with Crippen LogP contribution < -0.4 is 15.5 Å². The Morgan fingerprint density at radius 2 is 1.77 bits per heavy atom. The number of hydrogen-bond acceptors (Lipinski definition) is 6. The maximum atomic E-state index is 13.0.